The van der Waals surface area contributed by atoms with Gasteiger partial charge in [-0.05, 0) is 30.9 Å². The molecule has 1 aliphatic carbocycles. The maximum atomic E-state index is 13.6. The van der Waals surface area contributed by atoms with E-state index in [9.17, 15) is 9.90 Å². The third-order valence-corrected chi connectivity index (χ3v) is 9.24. The van der Waals surface area contributed by atoms with Gasteiger partial charge in [-0.3, -0.25) is 4.79 Å². The van der Waals surface area contributed by atoms with Crippen molar-refractivity contribution in [2.45, 2.75) is 56.7 Å². The lowest BCUT2D eigenvalue weighted by Crippen LogP contribution is -3.20. The van der Waals surface area contributed by atoms with E-state index in [1.807, 2.05) is 29.1 Å². The maximum absolute atomic E-state index is 13.6. The monoisotopic (exact) mass is 495 g/mol. The molecule has 5 fully saturated rings. The standard InChI is InChI=1S/C27H38N6O3/c1-36-24-7-3-2-6-23(24)30-12-14-31(15-13-30)26(34)22-18-32-11-8-20(22)16-21(32)17-33-19-25(28-29-33)27(35)9-4-5-10-27/h2-3,6-7,19-22,35H,4-5,8-18H2,1H3/p+1/t20-,21-,22+/m1/s1. The van der Waals surface area contributed by atoms with Crippen molar-refractivity contribution in [3.05, 3.63) is 36.2 Å². The number of piperidine rings is 3. The minimum absolute atomic E-state index is 0.133. The lowest BCUT2D eigenvalue weighted by atomic mass is 9.75. The Labute approximate surface area is 213 Å². The van der Waals surface area contributed by atoms with E-state index < -0.39 is 5.60 Å². The molecule has 2 N–H and O–H groups in total. The van der Waals surface area contributed by atoms with Crippen molar-refractivity contribution in [3.63, 3.8) is 0 Å². The fourth-order valence-electron chi connectivity index (χ4n) is 7.14. The molecule has 5 heterocycles. The smallest absolute Gasteiger partial charge is 0.231 e. The molecule has 1 amide bonds. The van der Waals surface area contributed by atoms with E-state index in [1.54, 1.807) is 7.11 Å². The predicted molar refractivity (Wildman–Crippen MR) is 135 cm³/mol. The summed E-state index contributed by atoms with van der Waals surface area (Å²) < 4.78 is 7.47. The molecular formula is C27H39N6O3+. The van der Waals surface area contributed by atoms with Gasteiger partial charge < -0.3 is 24.5 Å². The topological polar surface area (TPSA) is 88.2 Å². The van der Waals surface area contributed by atoms with Crippen molar-refractivity contribution in [3.8, 4) is 5.75 Å². The first-order chi connectivity index (χ1) is 17.5. The molecule has 194 valence electrons. The summed E-state index contributed by atoms with van der Waals surface area (Å²) >= 11 is 0. The average molecular weight is 496 g/mol. The minimum atomic E-state index is -0.788. The first kappa shape index (κ1) is 23.7. The number of para-hydroxylation sites is 2. The molecule has 1 aromatic heterocycles. The van der Waals surface area contributed by atoms with Crippen molar-refractivity contribution >= 4 is 11.6 Å². The van der Waals surface area contributed by atoms with E-state index in [2.05, 4.69) is 26.2 Å². The number of amides is 1. The number of aromatic nitrogens is 3. The van der Waals surface area contributed by atoms with Gasteiger partial charge in [0.25, 0.3) is 0 Å². The third kappa shape index (κ3) is 4.36. The Kier molecular flexibility index (Phi) is 6.37. The number of fused-ring (bicyclic) bond motifs is 3. The van der Waals surface area contributed by atoms with E-state index in [4.69, 9.17) is 4.74 Å². The van der Waals surface area contributed by atoms with Crippen LogP contribution in [0.4, 0.5) is 5.69 Å². The molecule has 2 bridgehead atoms. The van der Waals surface area contributed by atoms with Crippen LogP contribution >= 0.6 is 0 Å². The molecule has 36 heavy (non-hydrogen) atoms. The van der Waals surface area contributed by atoms with Gasteiger partial charge in [0, 0.05) is 39.0 Å². The number of hydrogen-bond acceptors (Lipinski definition) is 6. The molecule has 5 aliphatic rings. The van der Waals surface area contributed by atoms with Gasteiger partial charge in [0.1, 0.15) is 23.1 Å². The molecular weight excluding hydrogens is 456 g/mol. The van der Waals surface area contributed by atoms with Crippen LogP contribution in [0, 0.1) is 11.8 Å². The Morgan fingerprint density at radius 1 is 1.19 bits per heavy atom. The molecule has 9 heteroatoms. The van der Waals surface area contributed by atoms with Crippen LogP contribution in [0.2, 0.25) is 0 Å². The largest absolute Gasteiger partial charge is 0.495 e. The summed E-state index contributed by atoms with van der Waals surface area (Å²) in [5, 5.41) is 19.5. The van der Waals surface area contributed by atoms with Crippen LogP contribution in [0.5, 0.6) is 5.75 Å². The van der Waals surface area contributed by atoms with E-state index in [0.717, 1.165) is 101 Å². The summed E-state index contributed by atoms with van der Waals surface area (Å²) in [7, 11) is 1.71. The number of carbonyl (C=O) groups excluding carboxylic acids is 1. The average Bonchev–Trinajstić information content (AvgIpc) is 3.59. The number of aliphatic hydroxyl groups is 1. The second-order valence-corrected chi connectivity index (χ2v) is 11.2. The molecule has 1 saturated carbocycles. The molecule has 4 saturated heterocycles. The predicted octanol–water partition coefficient (Wildman–Crippen LogP) is 0.690. The van der Waals surface area contributed by atoms with Crippen LogP contribution < -0.4 is 14.5 Å². The summed E-state index contributed by atoms with van der Waals surface area (Å²) in [4.78, 5) is 19.5. The fourth-order valence-corrected chi connectivity index (χ4v) is 7.14. The molecule has 4 atom stereocenters. The third-order valence-electron chi connectivity index (χ3n) is 9.24. The second kappa shape index (κ2) is 9.67. The highest BCUT2D eigenvalue weighted by molar-refractivity contribution is 5.80. The van der Waals surface area contributed by atoms with Gasteiger partial charge in [-0.15, -0.1) is 5.10 Å². The van der Waals surface area contributed by atoms with Crippen molar-refractivity contribution in [1.82, 2.24) is 19.9 Å². The number of anilines is 1. The van der Waals surface area contributed by atoms with Crippen LogP contribution in [0.15, 0.2) is 30.5 Å². The molecule has 9 nitrogen and oxygen atoms in total. The van der Waals surface area contributed by atoms with E-state index in [-0.39, 0.29) is 5.92 Å². The number of rotatable bonds is 6. The lowest BCUT2D eigenvalue weighted by molar-refractivity contribution is -0.945. The summed E-state index contributed by atoms with van der Waals surface area (Å²) in [6.07, 6.45) is 7.82. The van der Waals surface area contributed by atoms with Crippen molar-refractivity contribution < 1.29 is 19.5 Å². The van der Waals surface area contributed by atoms with Gasteiger partial charge in [0.15, 0.2) is 0 Å². The van der Waals surface area contributed by atoms with Gasteiger partial charge in [-0.1, -0.05) is 30.2 Å². The van der Waals surface area contributed by atoms with Crippen molar-refractivity contribution in [1.29, 1.82) is 0 Å². The van der Waals surface area contributed by atoms with Gasteiger partial charge in [0.2, 0.25) is 5.91 Å². The van der Waals surface area contributed by atoms with Crippen molar-refractivity contribution in [2.75, 3.05) is 51.3 Å². The SMILES string of the molecule is COc1ccccc1N1CCN(C(=O)[C@H]2C[NH+]3CC[C@@H]2C[C@@H]3Cn2cc(C3(O)CCCC3)nn2)CC1. The Morgan fingerprint density at radius 2 is 1.97 bits per heavy atom. The number of nitrogens with zero attached hydrogens (tertiary/aromatic N) is 5. The molecule has 0 radical (unpaired) electrons. The fraction of sp³-hybridized carbons (Fsp3) is 0.667. The zero-order valence-electron chi connectivity index (χ0n) is 21.3. The molecule has 7 rings (SSSR count). The van der Waals surface area contributed by atoms with Gasteiger partial charge in [-0.2, -0.15) is 0 Å². The Bertz CT molecular complexity index is 1070. The zero-order chi connectivity index (χ0) is 24.7. The van der Waals surface area contributed by atoms with Crippen LogP contribution in [-0.4, -0.2) is 83.3 Å². The first-order valence-corrected chi connectivity index (χ1v) is 13.7. The summed E-state index contributed by atoms with van der Waals surface area (Å²) in [5.41, 5.74) is 1.05. The minimum Gasteiger partial charge on any atom is -0.495 e. The summed E-state index contributed by atoms with van der Waals surface area (Å²) in [6, 6.07) is 8.59. The van der Waals surface area contributed by atoms with Crippen LogP contribution in [0.3, 0.4) is 0 Å². The molecule has 1 aromatic carbocycles. The van der Waals surface area contributed by atoms with Crippen LogP contribution in [-0.2, 0) is 16.9 Å². The Morgan fingerprint density at radius 3 is 2.69 bits per heavy atom. The van der Waals surface area contributed by atoms with Gasteiger partial charge in [-0.25, -0.2) is 4.68 Å². The van der Waals surface area contributed by atoms with Crippen molar-refractivity contribution in [2.24, 2.45) is 11.8 Å². The Hall–Kier alpha value is -2.65. The second-order valence-electron chi connectivity index (χ2n) is 11.2. The molecule has 1 unspecified atom stereocenters. The highest BCUT2D eigenvalue weighted by Crippen LogP contribution is 2.37. The number of hydrogen-bond donors (Lipinski definition) is 2. The highest BCUT2D eigenvalue weighted by Gasteiger charge is 2.48. The number of piperazine rings is 1. The van der Waals surface area contributed by atoms with E-state index in [0.29, 0.717) is 17.9 Å². The summed E-state index contributed by atoms with van der Waals surface area (Å²) in [5.74, 6) is 1.82. The molecule has 0 spiro atoms. The van der Waals surface area contributed by atoms with E-state index >= 15 is 0 Å². The number of carbonyl (C=O) groups is 1. The normalized spacial score (nSPS) is 29.5. The number of nitrogens with one attached hydrogen (secondary N) is 1. The Balaban J connectivity index is 1.05. The first-order valence-electron chi connectivity index (χ1n) is 13.7. The zero-order valence-corrected chi connectivity index (χ0v) is 21.3. The number of quaternary nitrogens is 1. The van der Waals surface area contributed by atoms with Crippen LogP contribution in [0.1, 0.15) is 44.2 Å². The number of methoxy groups -OCH3 is 1. The number of benzene rings is 1. The van der Waals surface area contributed by atoms with Gasteiger partial charge in [0.05, 0.1) is 44.5 Å². The van der Waals surface area contributed by atoms with Gasteiger partial charge >= 0.3 is 0 Å². The summed E-state index contributed by atoms with van der Waals surface area (Å²) in [6.45, 7) is 6.08. The molecule has 4 aliphatic heterocycles. The number of ether oxygens (including phenoxy) is 1. The quantitative estimate of drug-likeness (QED) is 0.613. The molecule has 2 aromatic rings. The lowest BCUT2D eigenvalue weighted by Gasteiger charge is -2.47. The highest BCUT2D eigenvalue weighted by atomic mass is 16.5. The van der Waals surface area contributed by atoms with E-state index in [1.165, 1.54) is 4.90 Å². The maximum Gasteiger partial charge on any atom is 0.231 e. The van der Waals surface area contributed by atoms with Crippen LogP contribution in [0.25, 0.3) is 0 Å².